The normalized spacial score (nSPS) is 17.2. The van der Waals surface area contributed by atoms with Crippen LogP contribution >= 0.6 is 0 Å². The largest absolute Gasteiger partial charge is 0.508 e. The lowest BCUT2D eigenvalue weighted by molar-refractivity contribution is 0.0241. The summed E-state index contributed by atoms with van der Waals surface area (Å²) >= 11 is 0. The second-order valence-corrected chi connectivity index (χ2v) is 6.35. The maximum atomic E-state index is 9.67. The Bertz CT molecular complexity index is 832. The highest BCUT2D eigenvalue weighted by molar-refractivity contribution is 5.85. The summed E-state index contributed by atoms with van der Waals surface area (Å²) in [5.74, 6) is 0.301. The van der Waals surface area contributed by atoms with Gasteiger partial charge in [-0.25, -0.2) is 0 Å². The van der Waals surface area contributed by atoms with E-state index in [0.717, 1.165) is 26.3 Å². The molecule has 1 aliphatic heterocycles. The molecule has 0 aliphatic carbocycles. The van der Waals surface area contributed by atoms with Crippen LogP contribution in [0, 0.1) is 6.92 Å². The number of nitrogens with one attached hydrogen (secondary N) is 1. The second-order valence-electron chi connectivity index (χ2n) is 6.35. The highest BCUT2D eigenvalue weighted by Gasteiger charge is 2.28. The van der Waals surface area contributed by atoms with Gasteiger partial charge in [0, 0.05) is 35.2 Å². The van der Waals surface area contributed by atoms with Crippen LogP contribution in [-0.2, 0) is 4.74 Å². The van der Waals surface area contributed by atoms with E-state index in [4.69, 9.17) is 4.74 Å². The highest BCUT2D eigenvalue weighted by Crippen LogP contribution is 2.36. The Balaban J connectivity index is 1.87. The minimum absolute atomic E-state index is 0.158. The van der Waals surface area contributed by atoms with Crippen molar-refractivity contribution >= 4 is 10.9 Å². The summed E-state index contributed by atoms with van der Waals surface area (Å²) in [4.78, 5) is 5.99. The van der Waals surface area contributed by atoms with Gasteiger partial charge in [0.1, 0.15) is 5.75 Å². The van der Waals surface area contributed by atoms with Gasteiger partial charge in [-0.15, -0.1) is 0 Å². The van der Waals surface area contributed by atoms with E-state index in [-0.39, 0.29) is 6.04 Å². The first-order chi connectivity index (χ1) is 11.7. The Labute approximate surface area is 141 Å². The van der Waals surface area contributed by atoms with Gasteiger partial charge in [-0.2, -0.15) is 0 Å². The molecule has 4 nitrogen and oxygen atoms in total. The zero-order valence-electron chi connectivity index (χ0n) is 13.8. The molecule has 2 heterocycles. The maximum Gasteiger partial charge on any atom is 0.115 e. The number of rotatable bonds is 3. The number of aromatic nitrogens is 1. The molecule has 3 aromatic rings. The Kier molecular flexibility index (Phi) is 4.00. The molecule has 0 saturated carbocycles. The predicted molar refractivity (Wildman–Crippen MR) is 95.4 cm³/mol. The summed E-state index contributed by atoms with van der Waals surface area (Å²) in [5, 5.41) is 10.9. The number of ether oxygens (including phenoxy) is 1. The zero-order chi connectivity index (χ0) is 16.5. The minimum Gasteiger partial charge on any atom is -0.508 e. The Morgan fingerprint density at radius 1 is 1.04 bits per heavy atom. The van der Waals surface area contributed by atoms with Crippen molar-refractivity contribution < 1.29 is 9.84 Å². The lowest BCUT2D eigenvalue weighted by Gasteiger charge is -2.35. The number of phenolic OH excluding ortho intramolecular Hbond substituents is 1. The molecule has 1 fully saturated rings. The molecule has 24 heavy (non-hydrogen) atoms. The quantitative estimate of drug-likeness (QED) is 0.774. The van der Waals surface area contributed by atoms with E-state index in [1.165, 1.54) is 27.7 Å². The molecule has 0 amide bonds. The van der Waals surface area contributed by atoms with E-state index in [9.17, 15) is 5.11 Å². The number of aryl methyl sites for hydroxylation is 1. The molecule has 4 rings (SSSR count). The van der Waals surface area contributed by atoms with Gasteiger partial charge in [-0.3, -0.25) is 4.90 Å². The topological polar surface area (TPSA) is 48.5 Å². The molecule has 0 bridgehead atoms. The fraction of sp³-hybridized carbons (Fsp3) is 0.300. The van der Waals surface area contributed by atoms with Crippen molar-refractivity contribution in [2.75, 3.05) is 26.3 Å². The van der Waals surface area contributed by atoms with Crippen molar-refractivity contribution in [1.29, 1.82) is 0 Å². The summed E-state index contributed by atoms with van der Waals surface area (Å²) in [6, 6.07) is 16.2. The minimum atomic E-state index is 0.158. The van der Waals surface area contributed by atoms with Gasteiger partial charge in [0.25, 0.3) is 0 Å². The van der Waals surface area contributed by atoms with Crippen LogP contribution in [-0.4, -0.2) is 41.3 Å². The molecule has 4 heteroatoms. The van der Waals surface area contributed by atoms with Gasteiger partial charge in [-0.05, 0) is 30.7 Å². The number of H-pyrrole nitrogens is 1. The molecule has 0 radical (unpaired) electrons. The standard InChI is InChI=1S/C20H22N2O2/c1-14-19(17-4-2-3-5-18(17)21-14)20(22-10-12-24-13-11-22)15-6-8-16(23)9-7-15/h2-9,20-21,23H,10-13H2,1H3. The molecule has 1 saturated heterocycles. The van der Waals surface area contributed by atoms with Gasteiger partial charge >= 0.3 is 0 Å². The van der Waals surface area contributed by atoms with Crippen molar-refractivity contribution in [3.63, 3.8) is 0 Å². The van der Waals surface area contributed by atoms with Gasteiger partial charge in [0.2, 0.25) is 0 Å². The number of hydrogen-bond donors (Lipinski definition) is 2. The van der Waals surface area contributed by atoms with Crippen LogP contribution in [0.2, 0.25) is 0 Å². The van der Waals surface area contributed by atoms with Crippen molar-refractivity contribution in [2.24, 2.45) is 0 Å². The van der Waals surface area contributed by atoms with Crippen molar-refractivity contribution in [2.45, 2.75) is 13.0 Å². The van der Waals surface area contributed by atoms with Crippen LogP contribution in [0.1, 0.15) is 22.9 Å². The number of morpholine rings is 1. The van der Waals surface area contributed by atoms with Crippen molar-refractivity contribution in [1.82, 2.24) is 9.88 Å². The summed E-state index contributed by atoms with van der Waals surface area (Å²) in [5.41, 5.74) is 4.88. The molecule has 1 aliphatic rings. The Morgan fingerprint density at radius 2 is 1.75 bits per heavy atom. The van der Waals surface area contributed by atoms with Crippen LogP contribution in [0.4, 0.5) is 0 Å². The van der Waals surface area contributed by atoms with Crippen LogP contribution in [0.25, 0.3) is 10.9 Å². The number of benzene rings is 2. The lowest BCUT2D eigenvalue weighted by atomic mass is 9.94. The molecule has 2 N–H and O–H groups in total. The van der Waals surface area contributed by atoms with Gasteiger partial charge in [0.15, 0.2) is 0 Å². The van der Waals surface area contributed by atoms with E-state index in [0.29, 0.717) is 5.75 Å². The summed E-state index contributed by atoms with van der Waals surface area (Å²) in [6.07, 6.45) is 0. The third-order valence-corrected chi connectivity index (χ3v) is 4.84. The first-order valence-corrected chi connectivity index (χ1v) is 8.42. The van der Waals surface area contributed by atoms with Crippen LogP contribution in [0.15, 0.2) is 48.5 Å². The molecule has 1 aromatic heterocycles. The summed E-state index contributed by atoms with van der Waals surface area (Å²) in [7, 11) is 0. The Hall–Kier alpha value is -2.30. The van der Waals surface area contributed by atoms with Gasteiger partial charge in [-0.1, -0.05) is 30.3 Å². The smallest absolute Gasteiger partial charge is 0.115 e. The van der Waals surface area contributed by atoms with E-state index >= 15 is 0 Å². The average Bonchev–Trinajstić information content (AvgIpc) is 2.94. The lowest BCUT2D eigenvalue weighted by Crippen LogP contribution is -2.39. The van der Waals surface area contributed by atoms with Crippen LogP contribution in [0.5, 0.6) is 5.75 Å². The van der Waals surface area contributed by atoms with Gasteiger partial charge in [0.05, 0.1) is 19.3 Å². The average molecular weight is 322 g/mol. The molecule has 1 atom stereocenters. The first-order valence-electron chi connectivity index (χ1n) is 8.42. The van der Waals surface area contributed by atoms with E-state index < -0.39 is 0 Å². The monoisotopic (exact) mass is 322 g/mol. The van der Waals surface area contributed by atoms with E-state index in [2.05, 4.69) is 41.1 Å². The summed E-state index contributed by atoms with van der Waals surface area (Å²) in [6.45, 7) is 5.48. The third-order valence-electron chi connectivity index (χ3n) is 4.84. The van der Waals surface area contributed by atoms with E-state index in [1.54, 1.807) is 12.1 Å². The molecular formula is C20H22N2O2. The zero-order valence-corrected chi connectivity index (χ0v) is 13.8. The number of aromatic hydroxyl groups is 1. The molecule has 124 valence electrons. The third kappa shape index (κ3) is 2.68. The SMILES string of the molecule is Cc1[nH]c2ccccc2c1C(c1ccc(O)cc1)N1CCOCC1. The molecular weight excluding hydrogens is 300 g/mol. The number of para-hydroxylation sites is 1. The van der Waals surface area contributed by atoms with Crippen molar-refractivity contribution in [3.8, 4) is 5.75 Å². The maximum absolute atomic E-state index is 9.67. The molecule has 0 spiro atoms. The number of hydrogen-bond acceptors (Lipinski definition) is 3. The molecule has 2 aromatic carbocycles. The highest BCUT2D eigenvalue weighted by atomic mass is 16.5. The second kappa shape index (κ2) is 6.30. The fourth-order valence-electron chi connectivity index (χ4n) is 3.70. The van der Waals surface area contributed by atoms with Gasteiger partial charge < -0.3 is 14.8 Å². The summed E-state index contributed by atoms with van der Waals surface area (Å²) < 4.78 is 5.55. The molecule has 1 unspecified atom stereocenters. The number of phenols is 1. The Morgan fingerprint density at radius 3 is 2.50 bits per heavy atom. The van der Waals surface area contributed by atoms with E-state index in [1.807, 2.05) is 12.1 Å². The van der Waals surface area contributed by atoms with Crippen LogP contribution < -0.4 is 0 Å². The number of aromatic amines is 1. The first kappa shape index (κ1) is 15.2. The van der Waals surface area contributed by atoms with Crippen molar-refractivity contribution in [3.05, 3.63) is 65.4 Å². The van der Waals surface area contributed by atoms with Crippen LogP contribution in [0.3, 0.4) is 0 Å². The number of fused-ring (bicyclic) bond motifs is 1. The predicted octanol–water partition coefficient (Wildman–Crippen LogP) is 3.60. The fourth-order valence-corrected chi connectivity index (χ4v) is 3.70. The number of nitrogens with zero attached hydrogens (tertiary/aromatic N) is 1.